The molecule has 28 heavy (non-hydrogen) atoms. The molecule has 0 amide bonds. The van der Waals surface area contributed by atoms with Gasteiger partial charge in [-0.2, -0.15) is 0 Å². The monoisotopic (exact) mass is 380 g/mol. The minimum atomic E-state index is -1.07. The summed E-state index contributed by atoms with van der Waals surface area (Å²) in [6.07, 6.45) is 0.572. The maximum atomic E-state index is 13.0. The van der Waals surface area contributed by atoms with Crippen molar-refractivity contribution < 1.29 is 15.0 Å². The Balaban J connectivity index is 1.86. The number of aliphatic carboxylic acids is 1. The second-order valence-electron chi connectivity index (χ2n) is 6.58. The average Bonchev–Trinajstić information content (AvgIpc) is 3.17. The van der Waals surface area contributed by atoms with Gasteiger partial charge in [0, 0.05) is 13.2 Å². The predicted molar refractivity (Wildman–Crippen MR) is 104 cm³/mol. The van der Waals surface area contributed by atoms with E-state index in [0.29, 0.717) is 29.8 Å². The lowest BCUT2D eigenvalue weighted by molar-refractivity contribution is -0.137. The van der Waals surface area contributed by atoms with Crippen LogP contribution in [-0.4, -0.2) is 41.5 Å². The van der Waals surface area contributed by atoms with E-state index in [4.69, 9.17) is 0 Å². The molecule has 0 saturated heterocycles. The first kappa shape index (κ1) is 18.0. The Labute approximate surface area is 159 Å². The molecule has 0 bridgehead atoms. The van der Waals surface area contributed by atoms with Crippen LogP contribution in [0.2, 0.25) is 0 Å². The summed E-state index contributed by atoms with van der Waals surface area (Å²) in [6, 6.07) is 14.8. The van der Waals surface area contributed by atoms with Gasteiger partial charge in [-0.05, 0) is 30.7 Å². The highest BCUT2D eigenvalue weighted by atomic mass is 16.4. The highest BCUT2D eigenvalue weighted by molar-refractivity contribution is 5.79. The molecule has 0 atom stereocenters. The van der Waals surface area contributed by atoms with Gasteiger partial charge >= 0.3 is 11.7 Å². The second kappa shape index (κ2) is 7.32. The summed E-state index contributed by atoms with van der Waals surface area (Å²) < 4.78 is 4.81. The van der Waals surface area contributed by atoms with E-state index in [1.54, 1.807) is 22.8 Å². The standard InChI is InChI=1S/C20H20N4O4/c25-11-5-10-22-15-7-2-1-6-14(15)21-18(22)12-23-16-8-3-4-9-17(16)24(20(23)28)13-19(26)27/h1-4,6-9,25H,5,10-13H2,(H,26,27). The van der Waals surface area contributed by atoms with Crippen molar-refractivity contribution in [2.24, 2.45) is 0 Å². The van der Waals surface area contributed by atoms with E-state index in [0.717, 1.165) is 11.0 Å². The minimum Gasteiger partial charge on any atom is -0.480 e. The SMILES string of the molecule is O=C(O)Cn1c(=O)n(Cc2nc3ccccc3n2CCCO)c2ccccc21. The molecule has 2 heterocycles. The highest BCUT2D eigenvalue weighted by Crippen LogP contribution is 2.19. The van der Waals surface area contributed by atoms with Gasteiger partial charge in [-0.1, -0.05) is 24.3 Å². The molecular weight excluding hydrogens is 360 g/mol. The van der Waals surface area contributed by atoms with E-state index in [1.165, 1.54) is 4.57 Å². The van der Waals surface area contributed by atoms with E-state index in [1.807, 2.05) is 34.9 Å². The van der Waals surface area contributed by atoms with Crippen LogP contribution in [0.1, 0.15) is 12.2 Å². The number of hydrogen-bond acceptors (Lipinski definition) is 4. The van der Waals surface area contributed by atoms with Crippen molar-refractivity contribution in [2.45, 2.75) is 26.1 Å². The number of nitrogens with zero attached hydrogens (tertiary/aromatic N) is 4. The number of rotatable bonds is 7. The van der Waals surface area contributed by atoms with Gasteiger partial charge in [0.05, 0.1) is 28.6 Å². The second-order valence-corrected chi connectivity index (χ2v) is 6.58. The van der Waals surface area contributed by atoms with Crippen molar-refractivity contribution in [3.63, 3.8) is 0 Å². The summed E-state index contributed by atoms with van der Waals surface area (Å²) in [7, 11) is 0. The fraction of sp³-hybridized carbons (Fsp3) is 0.250. The van der Waals surface area contributed by atoms with Crippen LogP contribution in [0.25, 0.3) is 22.1 Å². The summed E-state index contributed by atoms with van der Waals surface area (Å²) >= 11 is 0. The van der Waals surface area contributed by atoms with Crippen molar-refractivity contribution in [1.82, 2.24) is 18.7 Å². The summed E-state index contributed by atoms with van der Waals surface area (Å²) in [6.45, 7) is 0.456. The van der Waals surface area contributed by atoms with Gasteiger partial charge in [-0.15, -0.1) is 0 Å². The normalized spacial score (nSPS) is 11.5. The van der Waals surface area contributed by atoms with E-state index in [2.05, 4.69) is 4.98 Å². The molecule has 144 valence electrons. The van der Waals surface area contributed by atoms with E-state index >= 15 is 0 Å². The number of aromatic nitrogens is 4. The van der Waals surface area contributed by atoms with Gasteiger partial charge in [0.2, 0.25) is 0 Å². The van der Waals surface area contributed by atoms with Crippen LogP contribution in [0, 0.1) is 0 Å². The number of carbonyl (C=O) groups is 1. The van der Waals surface area contributed by atoms with Gasteiger partial charge in [0.1, 0.15) is 12.4 Å². The van der Waals surface area contributed by atoms with E-state index < -0.39 is 12.5 Å². The molecule has 0 spiro atoms. The van der Waals surface area contributed by atoms with Gasteiger partial charge in [0.25, 0.3) is 0 Å². The number of aryl methyl sites for hydroxylation is 1. The Bertz CT molecular complexity index is 1220. The molecule has 0 aliphatic rings. The van der Waals surface area contributed by atoms with Gasteiger partial charge in [-0.3, -0.25) is 13.9 Å². The minimum absolute atomic E-state index is 0.0593. The number of carboxylic acids is 1. The first-order valence-electron chi connectivity index (χ1n) is 9.05. The number of carboxylic acid groups (broad SMARTS) is 1. The lowest BCUT2D eigenvalue weighted by Gasteiger charge is -2.09. The Hall–Kier alpha value is -3.39. The van der Waals surface area contributed by atoms with Crippen LogP contribution in [0.4, 0.5) is 0 Å². The summed E-state index contributed by atoms with van der Waals surface area (Å²) in [5.41, 5.74) is 2.61. The molecule has 2 aromatic carbocycles. The maximum absolute atomic E-state index is 13.0. The van der Waals surface area contributed by atoms with Crippen molar-refractivity contribution in [2.75, 3.05) is 6.61 Å². The molecule has 4 rings (SSSR count). The maximum Gasteiger partial charge on any atom is 0.330 e. The molecule has 0 fully saturated rings. The predicted octanol–water partition coefficient (Wildman–Crippen LogP) is 1.67. The Morgan fingerprint density at radius 1 is 0.929 bits per heavy atom. The van der Waals surface area contributed by atoms with Crippen molar-refractivity contribution in [3.05, 3.63) is 64.8 Å². The molecule has 0 saturated carbocycles. The molecule has 8 nitrogen and oxygen atoms in total. The molecule has 0 unspecified atom stereocenters. The van der Waals surface area contributed by atoms with Gasteiger partial charge in [0.15, 0.2) is 0 Å². The summed E-state index contributed by atoms with van der Waals surface area (Å²) in [4.78, 5) is 28.8. The zero-order chi connectivity index (χ0) is 19.7. The number of imidazole rings is 2. The summed E-state index contributed by atoms with van der Waals surface area (Å²) in [5.74, 6) is -0.379. The van der Waals surface area contributed by atoms with Crippen LogP contribution in [0.15, 0.2) is 53.3 Å². The molecular formula is C20H20N4O4. The van der Waals surface area contributed by atoms with Crippen LogP contribution < -0.4 is 5.69 Å². The quantitative estimate of drug-likeness (QED) is 0.508. The van der Waals surface area contributed by atoms with Crippen LogP contribution >= 0.6 is 0 Å². The fourth-order valence-electron chi connectivity index (χ4n) is 3.58. The number of aliphatic hydroxyl groups is 1. The molecule has 4 aromatic rings. The lowest BCUT2D eigenvalue weighted by atomic mass is 10.3. The van der Waals surface area contributed by atoms with Crippen LogP contribution in [0.5, 0.6) is 0 Å². The zero-order valence-electron chi connectivity index (χ0n) is 15.2. The Morgan fingerprint density at radius 2 is 1.57 bits per heavy atom. The van der Waals surface area contributed by atoms with Crippen LogP contribution in [-0.2, 0) is 24.4 Å². The largest absolute Gasteiger partial charge is 0.480 e. The van der Waals surface area contributed by atoms with Crippen molar-refractivity contribution >= 4 is 28.0 Å². The first-order valence-corrected chi connectivity index (χ1v) is 9.05. The number of hydrogen-bond donors (Lipinski definition) is 2. The number of para-hydroxylation sites is 4. The third-order valence-electron chi connectivity index (χ3n) is 4.79. The molecule has 0 radical (unpaired) electrons. The van der Waals surface area contributed by atoms with E-state index in [9.17, 15) is 19.8 Å². The first-order chi connectivity index (χ1) is 13.6. The smallest absolute Gasteiger partial charge is 0.330 e. The molecule has 0 aliphatic heterocycles. The van der Waals surface area contributed by atoms with Crippen molar-refractivity contribution in [1.29, 1.82) is 0 Å². The third kappa shape index (κ3) is 3.07. The van der Waals surface area contributed by atoms with Gasteiger partial charge < -0.3 is 14.8 Å². The van der Waals surface area contributed by atoms with Gasteiger partial charge in [-0.25, -0.2) is 9.78 Å². The average molecular weight is 380 g/mol. The zero-order valence-corrected chi connectivity index (χ0v) is 15.2. The topological polar surface area (TPSA) is 102 Å². The van der Waals surface area contributed by atoms with Crippen LogP contribution in [0.3, 0.4) is 0 Å². The van der Waals surface area contributed by atoms with Crippen molar-refractivity contribution in [3.8, 4) is 0 Å². The third-order valence-corrected chi connectivity index (χ3v) is 4.79. The van der Waals surface area contributed by atoms with E-state index in [-0.39, 0.29) is 18.8 Å². The number of aliphatic hydroxyl groups excluding tert-OH is 1. The number of benzene rings is 2. The molecule has 2 N–H and O–H groups in total. The molecule has 2 aromatic heterocycles. The number of fused-ring (bicyclic) bond motifs is 2. The lowest BCUT2D eigenvalue weighted by Crippen LogP contribution is -2.28. The fourth-order valence-corrected chi connectivity index (χ4v) is 3.58. The Morgan fingerprint density at radius 3 is 2.25 bits per heavy atom. The Kier molecular flexibility index (Phi) is 4.70. The molecule has 0 aliphatic carbocycles. The summed E-state index contributed by atoms with van der Waals surface area (Å²) in [5, 5.41) is 18.4. The highest BCUT2D eigenvalue weighted by Gasteiger charge is 2.18. The molecule has 8 heteroatoms.